The van der Waals surface area contributed by atoms with Gasteiger partial charge in [0.05, 0.1) is 29.3 Å². The van der Waals surface area contributed by atoms with E-state index in [0.29, 0.717) is 5.56 Å². The lowest BCUT2D eigenvalue weighted by Crippen LogP contribution is -2.68. The maximum atomic E-state index is 11.8. The summed E-state index contributed by atoms with van der Waals surface area (Å²) in [5, 5.41) is 10.1. The summed E-state index contributed by atoms with van der Waals surface area (Å²) in [5.74, 6) is 0. The molecule has 1 saturated heterocycles. The molecule has 2 unspecified atom stereocenters. The molecule has 1 heterocycles. The van der Waals surface area contributed by atoms with Crippen molar-refractivity contribution in [2.45, 2.75) is 23.5 Å². The molecule has 1 aliphatic rings. The van der Waals surface area contributed by atoms with Crippen LogP contribution in [0.5, 0.6) is 0 Å². The van der Waals surface area contributed by atoms with E-state index < -0.39 is 27.6 Å². The molecule has 6 nitrogen and oxygen atoms in total. The number of rotatable bonds is 3. The van der Waals surface area contributed by atoms with Gasteiger partial charge in [-0.3, -0.25) is 4.90 Å². The van der Waals surface area contributed by atoms with Crippen molar-refractivity contribution in [2.75, 3.05) is 12.8 Å². The normalized spacial score (nSPS) is 25.1. The van der Waals surface area contributed by atoms with Gasteiger partial charge < -0.3 is 9.84 Å². The maximum absolute atomic E-state index is 11.8. The zero-order valence-corrected chi connectivity index (χ0v) is 12.6. The predicted molar refractivity (Wildman–Crippen MR) is 76.3 cm³/mol. The van der Waals surface area contributed by atoms with Crippen LogP contribution in [-0.4, -0.2) is 43.4 Å². The molecule has 1 aromatic carbocycles. The van der Waals surface area contributed by atoms with Crippen LogP contribution in [0.25, 0.3) is 0 Å². The van der Waals surface area contributed by atoms with Crippen molar-refractivity contribution < 1.29 is 23.1 Å². The number of aliphatic hydroxyl groups is 1. The molecule has 1 aliphatic heterocycles. The second kappa shape index (κ2) is 5.16. The lowest BCUT2D eigenvalue weighted by atomic mass is 9.77. The number of nitrogens with zero attached hydrogens (tertiary/aromatic N) is 1. The smallest absolute Gasteiger partial charge is 0.415 e. The molecular formula is C14H17NO5S. The quantitative estimate of drug-likeness (QED) is 0.850. The molecule has 1 N–H and O–H groups in total. The highest BCUT2D eigenvalue weighted by molar-refractivity contribution is 7.90. The standard InChI is InChI=1S/C14H17NO5S/c1-4-20-13(17)15-9-12(16)14(15,2)10-6-5-7-11(8-10)21(3,18)19/h4-8,12,16H,1,9H2,2-3H3. The first-order valence-corrected chi connectivity index (χ1v) is 8.18. The van der Waals surface area contributed by atoms with Crippen molar-refractivity contribution >= 4 is 15.9 Å². The Bertz CT molecular complexity index is 684. The number of aliphatic hydroxyl groups excluding tert-OH is 1. The summed E-state index contributed by atoms with van der Waals surface area (Å²) >= 11 is 0. The van der Waals surface area contributed by atoms with Crippen molar-refractivity contribution in [3.05, 3.63) is 42.7 Å². The molecule has 2 atom stereocenters. The van der Waals surface area contributed by atoms with Gasteiger partial charge in [0.1, 0.15) is 0 Å². The van der Waals surface area contributed by atoms with E-state index in [1.165, 1.54) is 17.0 Å². The summed E-state index contributed by atoms with van der Waals surface area (Å²) in [5.41, 5.74) is -0.494. The van der Waals surface area contributed by atoms with Crippen LogP contribution in [0.1, 0.15) is 12.5 Å². The third-order valence-electron chi connectivity index (χ3n) is 3.82. The minimum atomic E-state index is -3.37. The molecular weight excluding hydrogens is 294 g/mol. The molecule has 0 aromatic heterocycles. The number of hydrogen-bond acceptors (Lipinski definition) is 5. The number of carbonyl (C=O) groups excluding carboxylic acids is 1. The van der Waals surface area contributed by atoms with Crippen LogP contribution in [-0.2, 0) is 20.1 Å². The minimum absolute atomic E-state index is 0.117. The molecule has 21 heavy (non-hydrogen) atoms. The van der Waals surface area contributed by atoms with Crippen LogP contribution in [0.3, 0.4) is 0 Å². The van der Waals surface area contributed by atoms with Crippen molar-refractivity contribution in [3.63, 3.8) is 0 Å². The van der Waals surface area contributed by atoms with Gasteiger partial charge >= 0.3 is 6.09 Å². The molecule has 0 spiro atoms. The SMILES string of the molecule is C=COC(=O)N1CC(O)C1(C)c1cccc(S(C)(=O)=O)c1. The molecule has 2 rings (SSSR count). The van der Waals surface area contributed by atoms with Gasteiger partial charge in [-0.05, 0) is 24.6 Å². The van der Waals surface area contributed by atoms with Crippen LogP contribution >= 0.6 is 0 Å². The van der Waals surface area contributed by atoms with E-state index in [-0.39, 0.29) is 11.4 Å². The number of benzene rings is 1. The van der Waals surface area contributed by atoms with Crippen molar-refractivity contribution in [1.82, 2.24) is 4.90 Å². The summed E-state index contributed by atoms with van der Waals surface area (Å²) in [6.45, 7) is 5.09. The van der Waals surface area contributed by atoms with Gasteiger partial charge in [0, 0.05) is 6.26 Å². The van der Waals surface area contributed by atoms with Crippen molar-refractivity contribution in [1.29, 1.82) is 0 Å². The Balaban J connectivity index is 2.43. The van der Waals surface area contributed by atoms with Crippen LogP contribution < -0.4 is 0 Å². The highest BCUT2D eigenvalue weighted by atomic mass is 32.2. The van der Waals surface area contributed by atoms with Gasteiger partial charge in [0.2, 0.25) is 0 Å². The Morgan fingerprint density at radius 2 is 2.24 bits per heavy atom. The van der Waals surface area contributed by atoms with Gasteiger partial charge in [0.15, 0.2) is 9.84 Å². The zero-order valence-electron chi connectivity index (χ0n) is 11.8. The van der Waals surface area contributed by atoms with Crippen molar-refractivity contribution in [3.8, 4) is 0 Å². The lowest BCUT2D eigenvalue weighted by Gasteiger charge is -2.53. The Morgan fingerprint density at radius 3 is 2.76 bits per heavy atom. The van der Waals surface area contributed by atoms with E-state index in [4.69, 9.17) is 4.74 Å². The fraction of sp³-hybridized carbons (Fsp3) is 0.357. The second-order valence-corrected chi connectivity index (χ2v) is 7.14. The van der Waals surface area contributed by atoms with E-state index in [9.17, 15) is 18.3 Å². The first-order chi connectivity index (χ1) is 9.71. The number of likely N-dealkylation sites (tertiary alicyclic amines) is 1. The molecule has 1 fully saturated rings. The monoisotopic (exact) mass is 311 g/mol. The zero-order chi connectivity index (χ0) is 15.8. The number of carbonyl (C=O) groups is 1. The highest BCUT2D eigenvalue weighted by Crippen LogP contribution is 2.41. The maximum Gasteiger partial charge on any atom is 0.415 e. The summed E-state index contributed by atoms with van der Waals surface area (Å²) in [6.07, 6.45) is 0.683. The van der Waals surface area contributed by atoms with E-state index in [2.05, 4.69) is 6.58 Å². The third-order valence-corrected chi connectivity index (χ3v) is 4.93. The minimum Gasteiger partial charge on any atom is -0.419 e. The predicted octanol–water partition coefficient (Wildman–Crippen LogP) is 1.26. The molecule has 0 radical (unpaired) electrons. The summed E-state index contributed by atoms with van der Waals surface area (Å²) in [6, 6.07) is 6.19. The largest absolute Gasteiger partial charge is 0.419 e. The molecule has 0 saturated carbocycles. The first-order valence-electron chi connectivity index (χ1n) is 6.29. The van der Waals surface area contributed by atoms with Crippen LogP contribution in [0.2, 0.25) is 0 Å². The number of sulfone groups is 1. The Labute approximate surface area is 123 Å². The Hall–Kier alpha value is -1.86. The van der Waals surface area contributed by atoms with E-state index in [1.54, 1.807) is 19.1 Å². The van der Waals surface area contributed by atoms with Gasteiger partial charge in [-0.25, -0.2) is 13.2 Å². The topological polar surface area (TPSA) is 83.9 Å². The fourth-order valence-corrected chi connectivity index (χ4v) is 3.06. The Morgan fingerprint density at radius 1 is 1.57 bits per heavy atom. The van der Waals surface area contributed by atoms with E-state index in [0.717, 1.165) is 12.5 Å². The van der Waals surface area contributed by atoms with Crippen LogP contribution in [0, 0.1) is 0 Å². The highest BCUT2D eigenvalue weighted by Gasteiger charge is 2.53. The van der Waals surface area contributed by atoms with Gasteiger partial charge in [0.25, 0.3) is 0 Å². The number of β-amino-alcohol motifs (C(OH)–C–C–N with tert-alkyl or cyclic N) is 1. The third kappa shape index (κ3) is 2.54. The molecule has 0 bridgehead atoms. The van der Waals surface area contributed by atoms with Crippen molar-refractivity contribution in [2.24, 2.45) is 0 Å². The summed E-state index contributed by atoms with van der Waals surface area (Å²) in [4.78, 5) is 13.3. The molecule has 114 valence electrons. The second-order valence-electron chi connectivity index (χ2n) is 5.12. The van der Waals surface area contributed by atoms with Crippen LogP contribution in [0.15, 0.2) is 42.0 Å². The average molecular weight is 311 g/mol. The Kier molecular flexibility index (Phi) is 3.81. The van der Waals surface area contributed by atoms with E-state index in [1.807, 2.05) is 0 Å². The number of hydrogen-bond donors (Lipinski definition) is 1. The van der Waals surface area contributed by atoms with Crippen LogP contribution in [0.4, 0.5) is 4.79 Å². The van der Waals surface area contributed by atoms with Gasteiger partial charge in [-0.1, -0.05) is 18.7 Å². The lowest BCUT2D eigenvalue weighted by molar-refractivity contribution is -0.114. The summed E-state index contributed by atoms with van der Waals surface area (Å²) < 4.78 is 28.0. The molecule has 1 amide bonds. The number of ether oxygens (including phenoxy) is 1. The summed E-state index contributed by atoms with van der Waals surface area (Å²) in [7, 11) is -3.37. The first kappa shape index (κ1) is 15.5. The van der Waals surface area contributed by atoms with Gasteiger partial charge in [-0.2, -0.15) is 0 Å². The van der Waals surface area contributed by atoms with Gasteiger partial charge in [-0.15, -0.1) is 0 Å². The number of amides is 1. The molecule has 7 heteroatoms. The molecule has 1 aromatic rings. The molecule has 0 aliphatic carbocycles. The van der Waals surface area contributed by atoms with E-state index >= 15 is 0 Å². The average Bonchev–Trinajstić information content (AvgIpc) is 2.43. The fourth-order valence-electron chi connectivity index (χ4n) is 2.40.